The van der Waals surface area contributed by atoms with Gasteiger partial charge in [-0.25, -0.2) is 0 Å². The zero-order chi connectivity index (χ0) is 22.3. The molecule has 6 heteroatoms. The molecule has 1 amide bonds. The van der Waals surface area contributed by atoms with Gasteiger partial charge in [-0.05, 0) is 47.9 Å². The Kier molecular flexibility index (Phi) is 6.51. The van der Waals surface area contributed by atoms with Gasteiger partial charge in [0.2, 0.25) is 0 Å². The van der Waals surface area contributed by atoms with E-state index < -0.39 is 0 Å². The molecule has 4 rings (SSSR count). The van der Waals surface area contributed by atoms with Crippen molar-refractivity contribution < 1.29 is 14.3 Å². The van der Waals surface area contributed by atoms with E-state index in [-0.39, 0.29) is 5.91 Å². The number of carbonyl (C=O) groups excluding carboxylic acids is 1. The van der Waals surface area contributed by atoms with E-state index in [0.29, 0.717) is 35.9 Å². The van der Waals surface area contributed by atoms with Crippen molar-refractivity contribution in [3.05, 3.63) is 96.3 Å². The Hall–Kier alpha value is -4.06. The summed E-state index contributed by atoms with van der Waals surface area (Å²) in [5.41, 5.74) is 4.22. The van der Waals surface area contributed by atoms with E-state index in [4.69, 9.17) is 9.47 Å². The average molecular weight is 428 g/mol. The summed E-state index contributed by atoms with van der Waals surface area (Å²) < 4.78 is 12.8. The van der Waals surface area contributed by atoms with Crippen LogP contribution in [-0.4, -0.2) is 29.4 Å². The molecule has 0 fully saturated rings. The number of benzene rings is 3. The van der Waals surface area contributed by atoms with E-state index in [1.807, 2.05) is 60.3 Å². The Morgan fingerprint density at radius 2 is 1.81 bits per heavy atom. The van der Waals surface area contributed by atoms with Crippen molar-refractivity contribution in [2.45, 2.75) is 13.5 Å². The topological polar surface area (TPSA) is 65.4 Å². The molecule has 0 spiro atoms. The van der Waals surface area contributed by atoms with E-state index >= 15 is 0 Å². The summed E-state index contributed by atoms with van der Waals surface area (Å²) in [5, 5.41) is 7.21. The second kappa shape index (κ2) is 9.83. The first-order chi connectivity index (χ1) is 15.7. The zero-order valence-electron chi connectivity index (χ0n) is 18.1. The summed E-state index contributed by atoms with van der Waals surface area (Å²) in [6.07, 6.45) is 3.70. The largest absolute Gasteiger partial charge is 0.493 e. The number of methoxy groups -OCH3 is 1. The lowest BCUT2D eigenvalue weighted by Crippen LogP contribution is -2.13. The molecule has 0 unspecified atom stereocenters. The maximum atomic E-state index is 13.1. The maximum Gasteiger partial charge on any atom is 0.256 e. The van der Waals surface area contributed by atoms with Crippen molar-refractivity contribution in [3.63, 3.8) is 0 Å². The molecule has 1 aromatic heterocycles. The van der Waals surface area contributed by atoms with Crippen LogP contribution in [0.3, 0.4) is 0 Å². The summed E-state index contributed by atoms with van der Waals surface area (Å²) >= 11 is 0. The summed E-state index contributed by atoms with van der Waals surface area (Å²) in [6.45, 7) is 3.15. The van der Waals surface area contributed by atoms with Gasteiger partial charge in [0.1, 0.15) is 0 Å². The normalized spacial score (nSPS) is 10.6. The van der Waals surface area contributed by atoms with Crippen LogP contribution in [0.1, 0.15) is 22.8 Å². The minimum absolute atomic E-state index is 0.188. The smallest absolute Gasteiger partial charge is 0.256 e. The van der Waals surface area contributed by atoms with E-state index in [2.05, 4.69) is 22.5 Å². The predicted molar refractivity (Wildman–Crippen MR) is 125 cm³/mol. The van der Waals surface area contributed by atoms with Crippen molar-refractivity contribution in [2.75, 3.05) is 19.0 Å². The van der Waals surface area contributed by atoms with Crippen molar-refractivity contribution >= 4 is 11.6 Å². The molecule has 0 saturated heterocycles. The number of aromatic nitrogens is 2. The lowest BCUT2D eigenvalue weighted by Gasteiger charge is -2.13. The lowest BCUT2D eigenvalue weighted by atomic mass is 9.98. The molecule has 3 aromatic carbocycles. The molecular weight excluding hydrogens is 402 g/mol. The Balaban J connectivity index is 1.55. The second-order valence-corrected chi connectivity index (χ2v) is 7.20. The molecule has 0 aliphatic heterocycles. The van der Waals surface area contributed by atoms with Crippen LogP contribution < -0.4 is 14.8 Å². The molecule has 1 heterocycles. The molecule has 6 nitrogen and oxygen atoms in total. The minimum Gasteiger partial charge on any atom is -0.493 e. The van der Waals surface area contributed by atoms with E-state index in [1.54, 1.807) is 31.5 Å². The molecule has 0 saturated carbocycles. The third kappa shape index (κ3) is 4.81. The van der Waals surface area contributed by atoms with Crippen LogP contribution in [-0.2, 0) is 6.54 Å². The third-order valence-corrected chi connectivity index (χ3v) is 5.06. The van der Waals surface area contributed by atoms with E-state index in [9.17, 15) is 4.79 Å². The van der Waals surface area contributed by atoms with Crippen molar-refractivity contribution in [1.29, 1.82) is 0 Å². The van der Waals surface area contributed by atoms with Crippen LogP contribution >= 0.6 is 0 Å². The number of hydrogen-bond donors (Lipinski definition) is 1. The van der Waals surface area contributed by atoms with Crippen molar-refractivity contribution in [3.8, 4) is 22.6 Å². The minimum atomic E-state index is -0.188. The molecule has 0 radical (unpaired) electrons. The van der Waals surface area contributed by atoms with Gasteiger partial charge in [0.15, 0.2) is 11.5 Å². The van der Waals surface area contributed by atoms with Gasteiger partial charge in [-0.2, -0.15) is 5.10 Å². The molecule has 0 aliphatic rings. The fourth-order valence-corrected chi connectivity index (χ4v) is 3.52. The van der Waals surface area contributed by atoms with E-state index in [0.717, 1.165) is 16.7 Å². The highest BCUT2D eigenvalue weighted by Crippen LogP contribution is 2.31. The SMILES string of the molecule is CCOc1ccc(NC(=O)c2ccccc2-c2ccc(Cn3cccn3)cc2)cc1OC. The quantitative estimate of drug-likeness (QED) is 0.417. The molecule has 162 valence electrons. The van der Waals surface area contributed by atoms with Gasteiger partial charge in [-0.15, -0.1) is 0 Å². The third-order valence-electron chi connectivity index (χ3n) is 5.06. The number of nitrogens with one attached hydrogen (secondary N) is 1. The number of anilines is 1. The fraction of sp³-hybridized carbons (Fsp3) is 0.154. The van der Waals surface area contributed by atoms with Crippen LogP contribution in [0.15, 0.2) is 85.2 Å². The van der Waals surface area contributed by atoms with Crippen LogP contribution in [0.4, 0.5) is 5.69 Å². The highest BCUT2D eigenvalue weighted by molar-refractivity contribution is 6.08. The molecule has 0 atom stereocenters. The van der Waals surface area contributed by atoms with Gasteiger partial charge in [0.05, 0.1) is 20.3 Å². The van der Waals surface area contributed by atoms with Crippen molar-refractivity contribution in [2.24, 2.45) is 0 Å². The van der Waals surface area contributed by atoms with Crippen LogP contribution in [0.5, 0.6) is 11.5 Å². The highest BCUT2D eigenvalue weighted by Gasteiger charge is 2.14. The van der Waals surface area contributed by atoms with Gasteiger partial charge in [-0.3, -0.25) is 9.48 Å². The van der Waals surface area contributed by atoms with Gasteiger partial charge >= 0.3 is 0 Å². The summed E-state index contributed by atoms with van der Waals surface area (Å²) in [4.78, 5) is 13.1. The van der Waals surface area contributed by atoms with Crippen LogP contribution in [0, 0.1) is 0 Å². The first kappa shape index (κ1) is 21.2. The maximum absolute atomic E-state index is 13.1. The first-order valence-corrected chi connectivity index (χ1v) is 10.5. The second-order valence-electron chi connectivity index (χ2n) is 7.20. The fourth-order valence-electron chi connectivity index (χ4n) is 3.52. The molecule has 0 bridgehead atoms. The predicted octanol–water partition coefficient (Wildman–Crippen LogP) is 5.26. The molecule has 32 heavy (non-hydrogen) atoms. The van der Waals surface area contributed by atoms with Gasteiger partial charge in [0, 0.05) is 29.7 Å². The standard InChI is InChI=1S/C26H25N3O3/c1-3-32-24-14-13-21(17-25(24)31-2)28-26(30)23-8-5-4-7-22(23)20-11-9-19(10-12-20)18-29-16-6-15-27-29/h4-17H,3,18H2,1-2H3,(H,28,30). The zero-order valence-corrected chi connectivity index (χ0v) is 18.1. The van der Waals surface area contributed by atoms with Crippen LogP contribution in [0.25, 0.3) is 11.1 Å². The van der Waals surface area contributed by atoms with Crippen LogP contribution in [0.2, 0.25) is 0 Å². The molecular formula is C26H25N3O3. The number of hydrogen-bond acceptors (Lipinski definition) is 4. The average Bonchev–Trinajstić information content (AvgIpc) is 3.34. The molecule has 0 aliphatic carbocycles. The van der Waals surface area contributed by atoms with E-state index in [1.165, 1.54) is 0 Å². The molecule has 4 aromatic rings. The summed E-state index contributed by atoms with van der Waals surface area (Å²) in [7, 11) is 1.58. The first-order valence-electron chi connectivity index (χ1n) is 10.5. The number of nitrogens with zero attached hydrogens (tertiary/aromatic N) is 2. The highest BCUT2D eigenvalue weighted by atomic mass is 16.5. The monoisotopic (exact) mass is 427 g/mol. The Labute approximate surface area is 187 Å². The number of ether oxygens (including phenoxy) is 2. The van der Waals surface area contributed by atoms with Gasteiger partial charge in [0.25, 0.3) is 5.91 Å². The number of rotatable bonds is 8. The van der Waals surface area contributed by atoms with Gasteiger partial charge < -0.3 is 14.8 Å². The Bertz CT molecular complexity index is 1190. The van der Waals surface area contributed by atoms with Gasteiger partial charge in [-0.1, -0.05) is 42.5 Å². The summed E-state index contributed by atoms with van der Waals surface area (Å²) in [5.74, 6) is 1.03. The Morgan fingerprint density at radius 1 is 1.00 bits per heavy atom. The van der Waals surface area contributed by atoms with Crippen molar-refractivity contribution in [1.82, 2.24) is 9.78 Å². The number of amides is 1. The number of carbonyl (C=O) groups is 1. The summed E-state index contributed by atoms with van der Waals surface area (Å²) in [6, 6.07) is 23.0. The molecule has 1 N–H and O–H groups in total. The lowest BCUT2D eigenvalue weighted by molar-refractivity contribution is 0.102. The Morgan fingerprint density at radius 3 is 2.53 bits per heavy atom.